The van der Waals surface area contributed by atoms with Crippen LogP contribution in [0, 0.1) is 17.8 Å². The molecule has 0 aromatic carbocycles. The Morgan fingerprint density at radius 3 is 3.11 bits per heavy atom. The molecule has 0 spiro atoms. The Kier molecular flexibility index (Phi) is 4.28. The highest BCUT2D eigenvalue weighted by Crippen LogP contribution is 2.43. The van der Waals surface area contributed by atoms with Gasteiger partial charge in [-0.1, -0.05) is 20.8 Å². The summed E-state index contributed by atoms with van der Waals surface area (Å²) in [6.07, 6.45) is 7.53. The van der Waals surface area contributed by atoms with E-state index in [9.17, 15) is 5.11 Å². The predicted molar refractivity (Wildman–Crippen MR) is 112 cm³/mol. The minimum absolute atomic E-state index is 0.151. The topological polar surface area (TPSA) is 73.7 Å². The normalized spacial score (nSPS) is 30.4. The average molecular weight is 380 g/mol. The number of aromatic nitrogens is 2. The van der Waals surface area contributed by atoms with E-state index in [0.717, 1.165) is 61.0 Å². The lowest BCUT2D eigenvalue weighted by Gasteiger charge is -2.45. The molecule has 3 atom stereocenters. The highest BCUT2D eigenvalue weighted by molar-refractivity contribution is 6.67. The van der Waals surface area contributed by atoms with Crippen LogP contribution in [-0.2, 0) is 4.65 Å². The molecule has 2 unspecified atom stereocenters. The molecule has 5 rings (SSSR count). The van der Waals surface area contributed by atoms with E-state index in [1.807, 2.05) is 12.4 Å². The van der Waals surface area contributed by atoms with Crippen molar-refractivity contribution in [2.75, 3.05) is 13.2 Å². The number of fused-ring (bicyclic) bond motifs is 5. The fourth-order valence-corrected chi connectivity index (χ4v) is 5.18. The van der Waals surface area contributed by atoms with E-state index >= 15 is 0 Å². The Hall–Kier alpha value is -1.86. The van der Waals surface area contributed by atoms with E-state index in [1.165, 1.54) is 5.56 Å². The second kappa shape index (κ2) is 6.60. The minimum atomic E-state index is -0.626. The average Bonchev–Trinajstić information content (AvgIpc) is 3.18. The number of rotatable bonds is 2. The molecule has 6 nitrogen and oxygen atoms in total. The molecule has 0 amide bonds. The lowest BCUT2D eigenvalue weighted by atomic mass is 9.62. The van der Waals surface area contributed by atoms with Gasteiger partial charge in [0.15, 0.2) is 0 Å². The molecule has 3 aliphatic rings. The largest absolute Gasteiger partial charge is 0.471 e. The van der Waals surface area contributed by atoms with Gasteiger partial charge < -0.3 is 19.7 Å². The molecule has 1 aliphatic carbocycles. The molecule has 2 N–H and O–H groups in total. The summed E-state index contributed by atoms with van der Waals surface area (Å²) in [5.74, 6) is 0.945. The molecule has 7 heteroatoms. The first-order chi connectivity index (χ1) is 13.5. The summed E-state index contributed by atoms with van der Waals surface area (Å²) in [5.41, 5.74) is 3.65. The lowest BCUT2D eigenvalue weighted by Crippen LogP contribution is -2.58. The SMILES string of the molecule is CC(C)C1(O)CC[C@@H](C)C(C2=NN3CCCOB3c3cnc4[nH]ccc4c32)C1. The van der Waals surface area contributed by atoms with Crippen LogP contribution in [0.5, 0.6) is 0 Å². The highest BCUT2D eigenvalue weighted by Gasteiger charge is 2.46. The summed E-state index contributed by atoms with van der Waals surface area (Å²) in [5, 5.41) is 17.6. The molecule has 2 aliphatic heterocycles. The van der Waals surface area contributed by atoms with Gasteiger partial charge in [-0.25, -0.2) is 4.98 Å². The van der Waals surface area contributed by atoms with E-state index in [4.69, 9.17) is 9.76 Å². The zero-order valence-electron chi connectivity index (χ0n) is 17.0. The van der Waals surface area contributed by atoms with Crippen LogP contribution in [0.4, 0.5) is 0 Å². The smallest absolute Gasteiger partial charge is 0.412 e. The van der Waals surface area contributed by atoms with Crippen molar-refractivity contribution in [3.05, 3.63) is 24.0 Å². The van der Waals surface area contributed by atoms with E-state index < -0.39 is 5.60 Å². The van der Waals surface area contributed by atoms with E-state index in [-0.39, 0.29) is 18.9 Å². The van der Waals surface area contributed by atoms with Gasteiger partial charge in [0.2, 0.25) is 0 Å². The van der Waals surface area contributed by atoms with E-state index in [0.29, 0.717) is 5.92 Å². The molecule has 2 aromatic rings. The van der Waals surface area contributed by atoms with Crippen LogP contribution in [0.25, 0.3) is 11.0 Å². The summed E-state index contributed by atoms with van der Waals surface area (Å²) in [6, 6.07) is 2.09. The maximum Gasteiger partial charge on any atom is 0.471 e. The van der Waals surface area contributed by atoms with Crippen LogP contribution in [0.1, 0.15) is 52.0 Å². The van der Waals surface area contributed by atoms with Gasteiger partial charge in [0, 0.05) is 47.9 Å². The molecule has 28 heavy (non-hydrogen) atoms. The first-order valence-electron chi connectivity index (χ1n) is 10.6. The Bertz CT molecular complexity index is 926. The third-order valence-corrected chi connectivity index (χ3v) is 7.17. The van der Waals surface area contributed by atoms with Gasteiger partial charge in [-0.3, -0.25) is 0 Å². The standard InChI is InChI=1S/C21H29BN4O2/c1-13(2)21(27)7-5-14(3)16(11-21)19-18-15-6-8-23-20(15)24-12-17(18)22-26(25-19)9-4-10-28-22/h6,8,12-14,16,27H,4-5,7,9-11H2,1-3H3,(H,23,24)/t14-,16?,21?/m1/s1. The Morgan fingerprint density at radius 2 is 2.29 bits per heavy atom. The van der Waals surface area contributed by atoms with Gasteiger partial charge in [-0.15, -0.1) is 0 Å². The quantitative estimate of drug-likeness (QED) is 0.786. The zero-order chi connectivity index (χ0) is 19.5. The summed E-state index contributed by atoms with van der Waals surface area (Å²) < 4.78 is 6.09. The van der Waals surface area contributed by atoms with E-state index in [2.05, 4.69) is 41.7 Å². The van der Waals surface area contributed by atoms with Crippen LogP contribution in [0.3, 0.4) is 0 Å². The van der Waals surface area contributed by atoms with Crippen molar-refractivity contribution in [1.82, 2.24) is 14.9 Å². The molecular weight excluding hydrogens is 351 g/mol. The Labute approximate surface area is 166 Å². The number of hydrogen-bond donors (Lipinski definition) is 2. The molecule has 0 bridgehead atoms. The van der Waals surface area contributed by atoms with Gasteiger partial charge in [0.25, 0.3) is 0 Å². The highest BCUT2D eigenvalue weighted by atomic mass is 16.4. The van der Waals surface area contributed by atoms with Crippen LogP contribution >= 0.6 is 0 Å². The summed E-state index contributed by atoms with van der Waals surface area (Å²) in [4.78, 5) is 9.97. The molecular formula is C21H29BN4O2. The van der Waals surface area contributed by atoms with Crippen LogP contribution in [0.15, 0.2) is 23.6 Å². The molecule has 1 saturated carbocycles. The monoisotopic (exact) mass is 380 g/mol. The molecule has 2 fully saturated rings. The molecule has 2 aromatic heterocycles. The van der Waals surface area contributed by atoms with Crippen molar-refractivity contribution in [2.45, 2.75) is 52.1 Å². The Morgan fingerprint density at radius 1 is 1.43 bits per heavy atom. The molecule has 1 saturated heterocycles. The fraction of sp³-hybridized carbons (Fsp3) is 0.619. The van der Waals surface area contributed by atoms with Crippen molar-refractivity contribution in [3.63, 3.8) is 0 Å². The third-order valence-electron chi connectivity index (χ3n) is 7.17. The van der Waals surface area contributed by atoms with Crippen molar-refractivity contribution in [1.29, 1.82) is 0 Å². The number of hydrogen-bond acceptors (Lipinski definition) is 5. The number of aromatic amines is 1. The fourth-order valence-electron chi connectivity index (χ4n) is 5.18. The maximum atomic E-state index is 11.3. The van der Waals surface area contributed by atoms with E-state index in [1.54, 1.807) is 0 Å². The minimum Gasteiger partial charge on any atom is -0.412 e. The molecule has 4 heterocycles. The van der Waals surface area contributed by atoms with Crippen molar-refractivity contribution < 1.29 is 9.76 Å². The van der Waals surface area contributed by atoms with Crippen LogP contribution in [-0.4, -0.2) is 51.5 Å². The number of nitrogens with one attached hydrogen (secondary N) is 1. The first kappa shape index (κ1) is 18.2. The van der Waals surface area contributed by atoms with Crippen molar-refractivity contribution in [3.8, 4) is 0 Å². The Balaban J connectivity index is 1.66. The number of aliphatic hydroxyl groups is 1. The first-order valence-corrected chi connectivity index (χ1v) is 10.6. The third kappa shape index (κ3) is 2.71. The zero-order valence-corrected chi connectivity index (χ0v) is 17.0. The second-order valence-electron chi connectivity index (χ2n) is 9.14. The summed E-state index contributed by atoms with van der Waals surface area (Å²) in [6.45, 7) is 8.22. The second-order valence-corrected chi connectivity index (χ2v) is 9.14. The van der Waals surface area contributed by atoms with Gasteiger partial charge in [0.1, 0.15) is 5.65 Å². The van der Waals surface area contributed by atoms with Crippen LogP contribution in [0.2, 0.25) is 0 Å². The van der Waals surface area contributed by atoms with Crippen LogP contribution < -0.4 is 5.46 Å². The van der Waals surface area contributed by atoms with Gasteiger partial charge in [0.05, 0.1) is 11.3 Å². The molecule has 148 valence electrons. The van der Waals surface area contributed by atoms with Gasteiger partial charge in [-0.05, 0) is 43.6 Å². The molecule has 0 radical (unpaired) electrons. The number of hydrazone groups is 1. The van der Waals surface area contributed by atoms with Crippen molar-refractivity contribution >= 4 is 29.3 Å². The number of pyridine rings is 1. The summed E-state index contributed by atoms with van der Waals surface area (Å²) >= 11 is 0. The maximum absolute atomic E-state index is 11.3. The van der Waals surface area contributed by atoms with Crippen molar-refractivity contribution in [2.24, 2.45) is 22.9 Å². The van der Waals surface area contributed by atoms with Gasteiger partial charge >= 0.3 is 7.05 Å². The predicted octanol–water partition coefficient (Wildman–Crippen LogP) is 2.52. The number of nitrogens with zero attached hydrogens (tertiary/aromatic N) is 3. The van der Waals surface area contributed by atoms with Gasteiger partial charge in [-0.2, -0.15) is 5.10 Å². The lowest BCUT2D eigenvalue weighted by molar-refractivity contribution is -0.0564. The summed E-state index contributed by atoms with van der Waals surface area (Å²) in [7, 11) is -0.151. The number of H-pyrrole nitrogens is 1.